The summed E-state index contributed by atoms with van der Waals surface area (Å²) in [5, 5.41) is 9.57. The SMILES string of the molecule is Cc1cc(N2c3c(C#N)cccc3N(C)[C@@H]2C)c(C)c(C)c1C. The van der Waals surface area contributed by atoms with E-state index in [0.29, 0.717) is 0 Å². The highest BCUT2D eigenvalue weighted by molar-refractivity contribution is 5.88. The van der Waals surface area contributed by atoms with Gasteiger partial charge in [0.05, 0.1) is 16.9 Å². The average molecular weight is 305 g/mol. The monoisotopic (exact) mass is 305 g/mol. The summed E-state index contributed by atoms with van der Waals surface area (Å²) in [4.78, 5) is 4.54. The molecule has 0 saturated carbocycles. The number of hydrogen-bond donors (Lipinski definition) is 0. The second-order valence-electron chi connectivity index (χ2n) is 6.49. The van der Waals surface area contributed by atoms with E-state index in [-0.39, 0.29) is 6.17 Å². The minimum Gasteiger partial charge on any atom is -0.352 e. The van der Waals surface area contributed by atoms with E-state index in [2.05, 4.69) is 69.7 Å². The third-order valence-corrected chi connectivity index (χ3v) is 5.40. The number of hydrogen-bond acceptors (Lipinski definition) is 3. The van der Waals surface area contributed by atoms with Crippen LogP contribution in [0.4, 0.5) is 17.1 Å². The molecule has 1 atom stereocenters. The number of fused-ring (bicyclic) bond motifs is 1. The molecule has 0 aromatic heterocycles. The second-order valence-corrected chi connectivity index (χ2v) is 6.49. The fraction of sp³-hybridized carbons (Fsp3) is 0.350. The lowest BCUT2D eigenvalue weighted by molar-refractivity contribution is 0.731. The van der Waals surface area contributed by atoms with Gasteiger partial charge in [-0.15, -0.1) is 0 Å². The van der Waals surface area contributed by atoms with Crippen molar-refractivity contribution in [3.8, 4) is 6.07 Å². The van der Waals surface area contributed by atoms with Crippen LogP contribution in [0.1, 0.15) is 34.7 Å². The predicted octanol–water partition coefficient (Wildman–Crippen LogP) is 4.73. The Morgan fingerprint density at radius 3 is 2.35 bits per heavy atom. The van der Waals surface area contributed by atoms with Gasteiger partial charge in [-0.1, -0.05) is 6.07 Å². The van der Waals surface area contributed by atoms with Gasteiger partial charge >= 0.3 is 0 Å². The van der Waals surface area contributed by atoms with Crippen LogP contribution < -0.4 is 9.80 Å². The number of para-hydroxylation sites is 1. The molecule has 0 unspecified atom stereocenters. The second kappa shape index (κ2) is 5.31. The van der Waals surface area contributed by atoms with Crippen LogP contribution in [0, 0.1) is 39.0 Å². The van der Waals surface area contributed by atoms with Gasteiger partial charge in [0.2, 0.25) is 0 Å². The van der Waals surface area contributed by atoms with Crippen molar-refractivity contribution in [1.29, 1.82) is 5.26 Å². The molecule has 3 heteroatoms. The van der Waals surface area contributed by atoms with Gasteiger partial charge in [-0.3, -0.25) is 0 Å². The molecule has 1 heterocycles. The molecule has 1 aliphatic heterocycles. The molecule has 0 aliphatic carbocycles. The molecule has 3 rings (SSSR count). The summed E-state index contributed by atoms with van der Waals surface area (Å²) >= 11 is 0. The molecule has 2 aromatic carbocycles. The fourth-order valence-electron chi connectivity index (χ4n) is 3.48. The molecule has 1 aliphatic rings. The van der Waals surface area contributed by atoms with Crippen molar-refractivity contribution in [3.63, 3.8) is 0 Å². The lowest BCUT2D eigenvalue weighted by atomic mass is 9.96. The standard InChI is InChI=1S/C20H23N3/c1-12-10-19(15(4)14(3)13(12)2)23-16(5)22(6)18-9-7-8-17(11-21)20(18)23/h7-10,16H,1-6H3/t16-/m0/s1. The molecule has 23 heavy (non-hydrogen) atoms. The lowest BCUT2D eigenvalue weighted by Crippen LogP contribution is -2.36. The van der Waals surface area contributed by atoms with Crippen molar-refractivity contribution in [3.05, 3.63) is 52.1 Å². The summed E-state index contributed by atoms with van der Waals surface area (Å²) in [5.74, 6) is 0. The smallest absolute Gasteiger partial charge is 0.103 e. The fourth-order valence-corrected chi connectivity index (χ4v) is 3.48. The van der Waals surface area contributed by atoms with Crippen LogP contribution in [0.25, 0.3) is 0 Å². The van der Waals surface area contributed by atoms with Gasteiger partial charge in [0.25, 0.3) is 0 Å². The van der Waals surface area contributed by atoms with Crippen LogP contribution >= 0.6 is 0 Å². The van der Waals surface area contributed by atoms with Gasteiger partial charge in [-0.25, -0.2) is 0 Å². The minimum atomic E-state index is 0.180. The Hall–Kier alpha value is -2.47. The molecule has 0 radical (unpaired) electrons. The van der Waals surface area contributed by atoms with Gasteiger partial charge < -0.3 is 9.80 Å². The number of nitriles is 1. The zero-order valence-electron chi connectivity index (χ0n) is 14.7. The van der Waals surface area contributed by atoms with Gasteiger partial charge in [0, 0.05) is 12.7 Å². The van der Waals surface area contributed by atoms with Crippen molar-refractivity contribution < 1.29 is 0 Å². The van der Waals surface area contributed by atoms with E-state index < -0.39 is 0 Å². The van der Waals surface area contributed by atoms with Crippen molar-refractivity contribution in [2.24, 2.45) is 0 Å². The summed E-state index contributed by atoms with van der Waals surface area (Å²) in [7, 11) is 2.09. The van der Waals surface area contributed by atoms with E-state index in [9.17, 15) is 5.26 Å². The van der Waals surface area contributed by atoms with E-state index in [0.717, 1.165) is 16.9 Å². The van der Waals surface area contributed by atoms with Crippen molar-refractivity contribution in [2.75, 3.05) is 16.8 Å². The third-order valence-electron chi connectivity index (χ3n) is 5.40. The molecular formula is C20H23N3. The first-order valence-corrected chi connectivity index (χ1v) is 8.01. The molecule has 118 valence electrons. The van der Waals surface area contributed by atoms with E-state index >= 15 is 0 Å². The first kappa shape index (κ1) is 15.4. The van der Waals surface area contributed by atoms with Crippen molar-refractivity contribution in [2.45, 2.75) is 40.8 Å². The first-order chi connectivity index (χ1) is 10.9. The first-order valence-electron chi connectivity index (χ1n) is 8.01. The van der Waals surface area contributed by atoms with Gasteiger partial charge in [0.1, 0.15) is 12.2 Å². The van der Waals surface area contributed by atoms with Crippen LogP contribution in [0.2, 0.25) is 0 Å². The highest BCUT2D eigenvalue weighted by atomic mass is 15.4. The maximum Gasteiger partial charge on any atom is 0.103 e. The third kappa shape index (κ3) is 2.09. The Balaban J connectivity index is 2.30. The van der Waals surface area contributed by atoms with Gasteiger partial charge in [-0.05, 0) is 75.1 Å². The van der Waals surface area contributed by atoms with Crippen LogP contribution in [-0.2, 0) is 0 Å². The van der Waals surface area contributed by atoms with Crippen LogP contribution in [0.3, 0.4) is 0 Å². The highest BCUT2D eigenvalue weighted by Crippen LogP contribution is 2.46. The van der Waals surface area contributed by atoms with E-state index in [1.54, 1.807) is 0 Å². The van der Waals surface area contributed by atoms with Gasteiger partial charge in [0.15, 0.2) is 0 Å². The van der Waals surface area contributed by atoms with Crippen molar-refractivity contribution >= 4 is 17.1 Å². The van der Waals surface area contributed by atoms with E-state index in [4.69, 9.17) is 0 Å². The summed E-state index contributed by atoms with van der Waals surface area (Å²) in [5.41, 5.74) is 9.33. The Bertz CT molecular complexity index is 830. The molecule has 3 nitrogen and oxygen atoms in total. The number of nitrogens with zero attached hydrogens (tertiary/aromatic N) is 3. The molecule has 2 aromatic rings. The van der Waals surface area contributed by atoms with E-state index in [1.165, 1.54) is 27.9 Å². The molecule has 0 fully saturated rings. The summed E-state index contributed by atoms with van der Waals surface area (Å²) in [6.07, 6.45) is 0.180. The molecule has 0 saturated heterocycles. The molecule has 0 bridgehead atoms. The Morgan fingerprint density at radius 1 is 1.00 bits per heavy atom. The Kier molecular flexibility index (Phi) is 3.56. The summed E-state index contributed by atoms with van der Waals surface area (Å²) in [6, 6.07) is 10.6. The molecule has 0 spiro atoms. The van der Waals surface area contributed by atoms with Crippen molar-refractivity contribution in [1.82, 2.24) is 0 Å². The number of anilines is 3. The van der Waals surface area contributed by atoms with Crippen LogP contribution in [0.5, 0.6) is 0 Å². The Morgan fingerprint density at radius 2 is 1.70 bits per heavy atom. The molecule has 0 amide bonds. The largest absolute Gasteiger partial charge is 0.352 e. The molecule has 0 N–H and O–H groups in total. The molecular weight excluding hydrogens is 282 g/mol. The summed E-state index contributed by atoms with van der Waals surface area (Å²) in [6.45, 7) is 10.9. The van der Waals surface area contributed by atoms with Crippen LogP contribution in [0.15, 0.2) is 24.3 Å². The maximum absolute atomic E-state index is 9.57. The quantitative estimate of drug-likeness (QED) is 0.763. The number of benzene rings is 2. The Labute approximate surface area is 138 Å². The van der Waals surface area contributed by atoms with E-state index in [1.807, 2.05) is 12.1 Å². The van der Waals surface area contributed by atoms with Gasteiger partial charge in [-0.2, -0.15) is 5.26 Å². The highest BCUT2D eigenvalue weighted by Gasteiger charge is 2.34. The normalized spacial score (nSPS) is 16.5. The predicted molar refractivity (Wildman–Crippen MR) is 96.6 cm³/mol. The maximum atomic E-state index is 9.57. The van der Waals surface area contributed by atoms with Crippen LogP contribution in [-0.4, -0.2) is 13.2 Å². The zero-order valence-corrected chi connectivity index (χ0v) is 14.7. The number of rotatable bonds is 1. The average Bonchev–Trinajstić information content (AvgIpc) is 2.81. The summed E-state index contributed by atoms with van der Waals surface area (Å²) < 4.78 is 0. The minimum absolute atomic E-state index is 0.180. The lowest BCUT2D eigenvalue weighted by Gasteiger charge is -2.30. The zero-order chi connectivity index (χ0) is 16.9. The topological polar surface area (TPSA) is 30.3 Å². The number of aryl methyl sites for hydroxylation is 1.